The fourth-order valence-corrected chi connectivity index (χ4v) is 6.44. The second-order valence-electron chi connectivity index (χ2n) is 14.3. The second kappa shape index (κ2) is 18.3. The Morgan fingerprint density at radius 2 is 0.985 bits per heavy atom. The van der Waals surface area contributed by atoms with Gasteiger partial charge in [0.15, 0.2) is 17.3 Å². The molecule has 0 radical (unpaired) electrons. The van der Waals surface area contributed by atoms with Crippen LogP contribution in [0.25, 0.3) is 21.8 Å². The van der Waals surface area contributed by atoms with E-state index in [4.69, 9.17) is 9.47 Å². The fraction of sp³-hybridized carbons (Fsp3) is 0.136. The molecule has 4 aromatic heterocycles. The van der Waals surface area contributed by atoms with Crippen LogP contribution in [0.1, 0.15) is 22.3 Å². The van der Waals surface area contributed by atoms with Gasteiger partial charge in [0.05, 0.1) is 53.2 Å². The van der Waals surface area contributed by atoms with Crippen LogP contribution in [0.5, 0.6) is 23.3 Å². The van der Waals surface area contributed by atoms with Gasteiger partial charge in [-0.2, -0.15) is 36.3 Å². The standard InChI is InChI=1S/C23H17F5N4O2.C21H11F6N3O2/c1-31(2)19-10-18-15(9-20(19)34-22-16(23(26,27)28)4-3-7-29-22)21(33)30-12-32(18)11-13-5-6-14(24)8-17(13)25;22-12-4-3-11(15(23)6-12)9-30-10-29-19(31)13-7-18(16(24)8-17(13)30)32-20-14(21(25,26)27)2-1-5-28-20/h3-10,12H,11H2,1-2H3;1-8,10H,9H2. The van der Waals surface area contributed by atoms with Gasteiger partial charge >= 0.3 is 12.4 Å². The van der Waals surface area contributed by atoms with Crippen molar-refractivity contribution in [2.75, 3.05) is 19.0 Å². The van der Waals surface area contributed by atoms with E-state index in [0.717, 1.165) is 67.3 Å². The number of benzene rings is 4. The predicted molar refractivity (Wildman–Crippen MR) is 216 cm³/mol. The van der Waals surface area contributed by atoms with Crippen LogP contribution in [-0.2, 0) is 25.4 Å². The Bertz CT molecular complexity index is 3250. The molecule has 0 aliphatic carbocycles. The summed E-state index contributed by atoms with van der Waals surface area (Å²) in [4.78, 5) is 40.9. The Balaban J connectivity index is 0.000000197. The van der Waals surface area contributed by atoms with E-state index in [0.29, 0.717) is 23.3 Å². The molecule has 22 heteroatoms. The Morgan fingerprint density at radius 3 is 1.42 bits per heavy atom. The average molecular weight is 928 g/mol. The van der Waals surface area contributed by atoms with Crippen molar-refractivity contribution in [3.63, 3.8) is 0 Å². The zero-order chi connectivity index (χ0) is 47.7. The van der Waals surface area contributed by atoms with Crippen molar-refractivity contribution in [1.82, 2.24) is 29.1 Å². The minimum absolute atomic E-state index is 0.0179. The topological polar surface area (TPSA) is 117 Å². The number of pyridine rings is 2. The molecule has 4 heterocycles. The molecule has 0 bridgehead atoms. The summed E-state index contributed by atoms with van der Waals surface area (Å²) in [6, 6.07) is 14.3. The molecule has 340 valence electrons. The zero-order valence-electron chi connectivity index (χ0n) is 33.7. The molecule has 66 heavy (non-hydrogen) atoms. The Hall–Kier alpha value is -7.91. The van der Waals surface area contributed by atoms with Crippen molar-refractivity contribution >= 4 is 27.5 Å². The van der Waals surface area contributed by atoms with Crippen molar-refractivity contribution in [3.05, 3.63) is 182 Å². The van der Waals surface area contributed by atoms with Crippen molar-refractivity contribution in [2.24, 2.45) is 0 Å². The molecule has 0 amide bonds. The molecule has 0 unspecified atom stereocenters. The van der Waals surface area contributed by atoms with Crippen LogP contribution in [0, 0.1) is 29.1 Å². The first-order chi connectivity index (χ1) is 31.2. The van der Waals surface area contributed by atoms with Crippen LogP contribution in [0.2, 0.25) is 0 Å². The van der Waals surface area contributed by atoms with E-state index in [1.165, 1.54) is 39.7 Å². The third-order valence-corrected chi connectivity index (χ3v) is 9.60. The average Bonchev–Trinajstić information content (AvgIpc) is 3.25. The van der Waals surface area contributed by atoms with Crippen molar-refractivity contribution < 1.29 is 57.8 Å². The molecule has 11 nitrogen and oxygen atoms in total. The molecule has 0 fully saturated rings. The van der Waals surface area contributed by atoms with E-state index in [1.807, 2.05) is 0 Å². The molecule has 8 aromatic rings. The van der Waals surface area contributed by atoms with Crippen LogP contribution in [0.15, 0.2) is 120 Å². The zero-order valence-corrected chi connectivity index (χ0v) is 33.7. The van der Waals surface area contributed by atoms with Gasteiger partial charge in [-0.3, -0.25) is 9.59 Å². The molecule has 0 N–H and O–H groups in total. The van der Waals surface area contributed by atoms with Crippen molar-refractivity contribution in [2.45, 2.75) is 25.4 Å². The van der Waals surface area contributed by atoms with Gasteiger partial charge in [0.2, 0.25) is 11.8 Å². The summed E-state index contributed by atoms with van der Waals surface area (Å²) in [5.74, 6) is -6.51. The number of ether oxygens (including phenoxy) is 2. The highest BCUT2D eigenvalue weighted by atomic mass is 19.4. The number of fused-ring (bicyclic) bond motifs is 2. The summed E-state index contributed by atoms with van der Waals surface area (Å²) in [5, 5.41) is -0.147. The molecule has 4 aromatic carbocycles. The maximum absolute atomic E-state index is 14.7. The fourth-order valence-electron chi connectivity index (χ4n) is 6.44. The number of hydrogen-bond acceptors (Lipinski definition) is 9. The minimum Gasteiger partial charge on any atom is -0.436 e. The first kappa shape index (κ1) is 46.1. The quantitative estimate of drug-likeness (QED) is 0.130. The molecule has 8 rings (SSSR count). The predicted octanol–water partition coefficient (Wildman–Crippen LogP) is 10.1. The lowest BCUT2D eigenvalue weighted by molar-refractivity contribution is -0.139. The number of anilines is 1. The second-order valence-corrected chi connectivity index (χ2v) is 14.3. The van der Waals surface area contributed by atoms with Crippen LogP contribution in [0.3, 0.4) is 0 Å². The van der Waals surface area contributed by atoms with E-state index in [9.17, 15) is 57.9 Å². The summed E-state index contributed by atoms with van der Waals surface area (Å²) in [6.45, 7) is -0.282. The molecule has 0 aliphatic rings. The monoisotopic (exact) mass is 927 g/mol. The Morgan fingerprint density at radius 1 is 0.545 bits per heavy atom. The highest BCUT2D eigenvalue weighted by molar-refractivity contribution is 5.86. The Kier molecular flexibility index (Phi) is 12.8. The number of nitrogens with zero attached hydrogens (tertiary/aromatic N) is 7. The summed E-state index contributed by atoms with van der Waals surface area (Å²) in [6.07, 6.45) is -5.04. The van der Waals surface area contributed by atoms with Crippen LogP contribution < -0.4 is 25.5 Å². The summed E-state index contributed by atoms with van der Waals surface area (Å²) >= 11 is 0. The van der Waals surface area contributed by atoms with Gasteiger partial charge in [-0.25, -0.2) is 31.9 Å². The number of rotatable bonds is 9. The Labute approximate surface area is 363 Å². The summed E-state index contributed by atoms with van der Waals surface area (Å²) in [5.41, 5.74) is -2.91. The highest BCUT2D eigenvalue weighted by Crippen LogP contribution is 2.41. The summed E-state index contributed by atoms with van der Waals surface area (Å²) < 4.78 is 162. The highest BCUT2D eigenvalue weighted by Gasteiger charge is 2.36. The van der Waals surface area contributed by atoms with Gasteiger partial charge in [-0.15, -0.1) is 0 Å². The van der Waals surface area contributed by atoms with Crippen LogP contribution >= 0.6 is 0 Å². The number of alkyl halides is 6. The van der Waals surface area contributed by atoms with Crippen LogP contribution in [-0.4, -0.2) is 43.2 Å². The number of aromatic nitrogens is 6. The van der Waals surface area contributed by atoms with Crippen LogP contribution in [0.4, 0.5) is 54.0 Å². The number of hydrogen-bond donors (Lipinski definition) is 0. The molecule has 0 spiro atoms. The minimum atomic E-state index is -4.80. The third-order valence-electron chi connectivity index (χ3n) is 9.60. The van der Waals surface area contributed by atoms with E-state index in [2.05, 4.69) is 19.9 Å². The molecule has 0 saturated heterocycles. The maximum Gasteiger partial charge on any atom is 0.421 e. The van der Waals surface area contributed by atoms with Gasteiger partial charge in [-0.05, 0) is 54.6 Å². The van der Waals surface area contributed by atoms with Crippen molar-refractivity contribution in [1.29, 1.82) is 0 Å². The number of halogens is 11. The smallest absolute Gasteiger partial charge is 0.421 e. The molecule has 0 atom stereocenters. The van der Waals surface area contributed by atoms with Gasteiger partial charge in [0.1, 0.15) is 34.4 Å². The normalized spacial score (nSPS) is 11.7. The molecular formula is C44H28F11N7O4. The molecular weight excluding hydrogens is 900 g/mol. The van der Waals surface area contributed by atoms with E-state index in [-0.39, 0.29) is 46.3 Å². The van der Waals surface area contributed by atoms with Gasteiger partial charge in [0, 0.05) is 55.8 Å². The first-order valence-electron chi connectivity index (χ1n) is 18.8. The van der Waals surface area contributed by atoms with E-state index >= 15 is 0 Å². The molecule has 0 saturated carbocycles. The van der Waals surface area contributed by atoms with Gasteiger partial charge < -0.3 is 23.5 Å². The van der Waals surface area contributed by atoms with Gasteiger partial charge in [0.25, 0.3) is 11.1 Å². The third kappa shape index (κ3) is 10.1. The SMILES string of the molecule is CN(C)c1cc2c(cc1Oc1ncccc1C(F)(F)F)c(=O)ncn2Cc1ccc(F)cc1F.O=c1ncn(Cc2ccc(F)cc2F)c2cc(F)c(Oc3ncccc3C(F)(F)F)cc12. The largest absolute Gasteiger partial charge is 0.436 e. The van der Waals surface area contributed by atoms with Crippen molar-refractivity contribution in [3.8, 4) is 23.3 Å². The first-order valence-corrected chi connectivity index (χ1v) is 18.8. The van der Waals surface area contributed by atoms with Gasteiger partial charge in [-0.1, -0.05) is 12.1 Å². The van der Waals surface area contributed by atoms with E-state index in [1.54, 1.807) is 19.0 Å². The lowest BCUT2D eigenvalue weighted by Crippen LogP contribution is -2.16. The summed E-state index contributed by atoms with van der Waals surface area (Å²) in [7, 11) is 3.28. The lowest BCUT2D eigenvalue weighted by atomic mass is 10.1. The molecule has 0 aliphatic heterocycles. The maximum atomic E-state index is 14.7. The van der Waals surface area contributed by atoms with E-state index < -0.39 is 81.2 Å². The lowest BCUT2D eigenvalue weighted by Gasteiger charge is -2.21.